The average molecular weight is 228 g/mol. The SMILES string of the molecule is COc1cc(C=O)cc(-c2cnc(C)nc2)c1. The van der Waals surface area contributed by atoms with E-state index in [4.69, 9.17) is 4.74 Å². The molecule has 1 aromatic heterocycles. The molecular formula is C13H12N2O2. The van der Waals surface area contributed by atoms with E-state index in [1.807, 2.05) is 13.0 Å². The topological polar surface area (TPSA) is 52.1 Å². The summed E-state index contributed by atoms with van der Waals surface area (Å²) in [5.74, 6) is 1.36. The van der Waals surface area contributed by atoms with Gasteiger partial charge in [-0.2, -0.15) is 0 Å². The molecule has 0 unspecified atom stereocenters. The van der Waals surface area contributed by atoms with Gasteiger partial charge in [0.05, 0.1) is 7.11 Å². The minimum absolute atomic E-state index is 0.569. The number of carbonyl (C=O) groups excluding carboxylic acids is 1. The van der Waals surface area contributed by atoms with Crippen LogP contribution in [0.4, 0.5) is 0 Å². The number of aromatic nitrogens is 2. The standard InChI is InChI=1S/C13H12N2O2/c1-9-14-6-12(7-15-9)11-3-10(8-16)4-13(5-11)17-2/h3-8H,1-2H3. The van der Waals surface area contributed by atoms with E-state index in [9.17, 15) is 4.79 Å². The average Bonchev–Trinajstić information content (AvgIpc) is 2.39. The Morgan fingerprint density at radius 2 is 1.82 bits per heavy atom. The van der Waals surface area contributed by atoms with Gasteiger partial charge < -0.3 is 4.74 Å². The van der Waals surface area contributed by atoms with Gasteiger partial charge in [0, 0.05) is 23.5 Å². The summed E-state index contributed by atoms with van der Waals surface area (Å²) in [6.07, 6.45) is 4.25. The van der Waals surface area contributed by atoms with E-state index in [1.165, 1.54) is 0 Å². The van der Waals surface area contributed by atoms with Crippen molar-refractivity contribution < 1.29 is 9.53 Å². The molecular weight excluding hydrogens is 216 g/mol. The Kier molecular flexibility index (Phi) is 3.14. The summed E-state index contributed by atoms with van der Waals surface area (Å²) in [5.41, 5.74) is 2.30. The van der Waals surface area contributed by atoms with Crippen LogP contribution >= 0.6 is 0 Å². The third kappa shape index (κ3) is 2.47. The molecule has 0 fully saturated rings. The number of aryl methyl sites for hydroxylation is 1. The van der Waals surface area contributed by atoms with Crippen LogP contribution in [0.15, 0.2) is 30.6 Å². The molecule has 0 aliphatic rings. The van der Waals surface area contributed by atoms with Gasteiger partial charge in [-0.3, -0.25) is 4.79 Å². The number of rotatable bonds is 3. The zero-order valence-electron chi connectivity index (χ0n) is 9.68. The van der Waals surface area contributed by atoms with Crippen molar-refractivity contribution in [3.63, 3.8) is 0 Å². The number of methoxy groups -OCH3 is 1. The van der Waals surface area contributed by atoms with Crippen molar-refractivity contribution in [3.8, 4) is 16.9 Å². The lowest BCUT2D eigenvalue weighted by Gasteiger charge is -2.06. The van der Waals surface area contributed by atoms with Crippen LogP contribution in [0.25, 0.3) is 11.1 Å². The summed E-state index contributed by atoms with van der Waals surface area (Å²) in [6, 6.07) is 5.32. The maximum Gasteiger partial charge on any atom is 0.150 e. The van der Waals surface area contributed by atoms with Gasteiger partial charge in [0.1, 0.15) is 17.9 Å². The largest absolute Gasteiger partial charge is 0.497 e. The Bertz CT molecular complexity index is 536. The fourth-order valence-corrected chi connectivity index (χ4v) is 1.52. The van der Waals surface area contributed by atoms with Crippen molar-refractivity contribution in [1.82, 2.24) is 9.97 Å². The summed E-state index contributed by atoms with van der Waals surface area (Å²) in [6.45, 7) is 1.83. The molecule has 2 rings (SSSR count). The van der Waals surface area contributed by atoms with Gasteiger partial charge in [0.15, 0.2) is 0 Å². The Morgan fingerprint density at radius 1 is 1.12 bits per heavy atom. The van der Waals surface area contributed by atoms with Crippen molar-refractivity contribution in [2.75, 3.05) is 7.11 Å². The quantitative estimate of drug-likeness (QED) is 0.756. The second kappa shape index (κ2) is 4.74. The third-order valence-electron chi connectivity index (χ3n) is 2.41. The van der Waals surface area contributed by atoms with E-state index in [0.717, 1.165) is 17.4 Å². The highest BCUT2D eigenvalue weighted by Crippen LogP contribution is 2.24. The molecule has 2 aromatic rings. The normalized spacial score (nSPS) is 10.0. The molecule has 0 N–H and O–H groups in total. The zero-order chi connectivity index (χ0) is 12.3. The van der Waals surface area contributed by atoms with E-state index < -0.39 is 0 Å². The highest BCUT2D eigenvalue weighted by molar-refractivity contribution is 5.80. The van der Waals surface area contributed by atoms with Gasteiger partial charge in [-0.25, -0.2) is 9.97 Å². The molecule has 0 amide bonds. The fraction of sp³-hybridized carbons (Fsp3) is 0.154. The third-order valence-corrected chi connectivity index (χ3v) is 2.41. The highest BCUT2D eigenvalue weighted by Gasteiger charge is 2.04. The van der Waals surface area contributed by atoms with Crippen LogP contribution in [-0.4, -0.2) is 23.4 Å². The van der Waals surface area contributed by atoms with Crippen molar-refractivity contribution >= 4 is 6.29 Å². The first-order valence-electron chi connectivity index (χ1n) is 5.16. The predicted molar refractivity (Wildman–Crippen MR) is 64.1 cm³/mol. The molecule has 1 heterocycles. The van der Waals surface area contributed by atoms with Crippen molar-refractivity contribution in [1.29, 1.82) is 0 Å². The number of aldehydes is 1. The van der Waals surface area contributed by atoms with Gasteiger partial charge in [-0.15, -0.1) is 0 Å². The van der Waals surface area contributed by atoms with Crippen LogP contribution in [0.5, 0.6) is 5.75 Å². The Hall–Kier alpha value is -2.23. The molecule has 0 saturated heterocycles. The lowest BCUT2D eigenvalue weighted by molar-refractivity contribution is 0.112. The lowest BCUT2D eigenvalue weighted by Crippen LogP contribution is -1.91. The number of hydrogen-bond donors (Lipinski definition) is 0. The minimum atomic E-state index is 0.569. The first-order chi connectivity index (χ1) is 8.22. The number of nitrogens with zero attached hydrogens (tertiary/aromatic N) is 2. The van der Waals surface area contributed by atoms with Crippen LogP contribution in [0, 0.1) is 6.92 Å². The molecule has 0 spiro atoms. The summed E-state index contributed by atoms with van der Waals surface area (Å²) >= 11 is 0. The highest BCUT2D eigenvalue weighted by atomic mass is 16.5. The van der Waals surface area contributed by atoms with E-state index >= 15 is 0 Å². The molecule has 17 heavy (non-hydrogen) atoms. The molecule has 4 heteroatoms. The molecule has 0 aliphatic carbocycles. The summed E-state index contributed by atoms with van der Waals surface area (Å²) in [7, 11) is 1.57. The lowest BCUT2D eigenvalue weighted by atomic mass is 10.1. The molecule has 4 nitrogen and oxygen atoms in total. The molecule has 0 saturated carbocycles. The van der Waals surface area contributed by atoms with E-state index in [2.05, 4.69) is 9.97 Å². The predicted octanol–water partition coefficient (Wildman–Crippen LogP) is 2.27. The molecule has 0 radical (unpaired) electrons. The summed E-state index contributed by atoms with van der Waals surface area (Å²) in [4.78, 5) is 19.1. The molecule has 86 valence electrons. The van der Waals surface area contributed by atoms with Crippen LogP contribution in [0.3, 0.4) is 0 Å². The van der Waals surface area contributed by atoms with E-state index in [0.29, 0.717) is 17.1 Å². The monoisotopic (exact) mass is 228 g/mol. The second-order valence-corrected chi connectivity index (χ2v) is 3.63. The second-order valence-electron chi connectivity index (χ2n) is 3.63. The summed E-state index contributed by atoms with van der Waals surface area (Å²) in [5, 5.41) is 0. The first-order valence-corrected chi connectivity index (χ1v) is 5.16. The van der Waals surface area contributed by atoms with E-state index in [1.54, 1.807) is 31.6 Å². The smallest absolute Gasteiger partial charge is 0.150 e. The first kappa shape index (κ1) is 11.3. The van der Waals surface area contributed by atoms with Crippen LogP contribution in [-0.2, 0) is 0 Å². The molecule has 1 aromatic carbocycles. The van der Waals surface area contributed by atoms with Gasteiger partial charge in [-0.05, 0) is 30.7 Å². The number of ether oxygens (including phenoxy) is 1. The number of benzene rings is 1. The molecule has 0 bridgehead atoms. The van der Waals surface area contributed by atoms with Crippen LogP contribution in [0.1, 0.15) is 16.2 Å². The maximum atomic E-state index is 10.8. The minimum Gasteiger partial charge on any atom is -0.497 e. The van der Waals surface area contributed by atoms with Gasteiger partial charge in [-0.1, -0.05) is 0 Å². The van der Waals surface area contributed by atoms with Crippen molar-refractivity contribution in [3.05, 3.63) is 42.0 Å². The van der Waals surface area contributed by atoms with Crippen molar-refractivity contribution in [2.45, 2.75) is 6.92 Å². The van der Waals surface area contributed by atoms with Gasteiger partial charge in [0.2, 0.25) is 0 Å². The fourth-order valence-electron chi connectivity index (χ4n) is 1.52. The van der Waals surface area contributed by atoms with E-state index in [-0.39, 0.29) is 0 Å². The maximum absolute atomic E-state index is 10.8. The zero-order valence-corrected chi connectivity index (χ0v) is 9.68. The molecule has 0 aliphatic heterocycles. The van der Waals surface area contributed by atoms with Gasteiger partial charge >= 0.3 is 0 Å². The Morgan fingerprint density at radius 3 is 2.41 bits per heavy atom. The van der Waals surface area contributed by atoms with Crippen LogP contribution in [0.2, 0.25) is 0 Å². The van der Waals surface area contributed by atoms with Gasteiger partial charge in [0.25, 0.3) is 0 Å². The molecule has 0 atom stereocenters. The number of carbonyl (C=O) groups is 1. The Balaban J connectivity index is 2.50. The number of hydrogen-bond acceptors (Lipinski definition) is 4. The van der Waals surface area contributed by atoms with Crippen molar-refractivity contribution in [2.24, 2.45) is 0 Å². The van der Waals surface area contributed by atoms with Crippen LogP contribution < -0.4 is 4.74 Å². The summed E-state index contributed by atoms with van der Waals surface area (Å²) < 4.78 is 5.14. The Labute approximate surface area is 99.3 Å².